The number of aryl methyl sites for hydroxylation is 1. The van der Waals surface area contributed by atoms with Gasteiger partial charge in [-0.15, -0.1) is 11.3 Å². The van der Waals surface area contributed by atoms with Crippen molar-refractivity contribution in [2.24, 2.45) is 5.92 Å². The molecule has 1 aromatic heterocycles. The molecule has 5 nitrogen and oxygen atoms in total. The summed E-state index contributed by atoms with van der Waals surface area (Å²) in [6, 6.07) is 3.87. The fourth-order valence-electron chi connectivity index (χ4n) is 4.08. The molecule has 1 saturated heterocycles. The van der Waals surface area contributed by atoms with E-state index in [1.807, 2.05) is 24.8 Å². The third-order valence-corrected chi connectivity index (χ3v) is 8.77. The Hall–Kier alpha value is -0.920. The number of carbonyl (C=O) groups is 1. The molecule has 0 radical (unpaired) electrons. The Kier molecular flexibility index (Phi) is 5.85. The summed E-state index contributed by atoms with van der Waals surface area (Å²) in [4.78, 5) is 16.0. The van der Waals surface area contributed by atoms with Crippen LogP contribution in [0.3, 0.4) is 0 Å². The van der Waals surface area contributed by atoms with Gasteiger partial charge in [-0.05, 0) is 51.7 Å². The molecule has 1 aromatic rings. The van der Waals surface area contributed by atoms with E-state index in [2.05, 4.69) is 0 Å². The molecule has 0 aromatic carbocycles. The SMILES string of the molecule is CCN(C(=O)C1CCCN(S(=O)(=O)c2ccc(C)s2)C1)C1CCCC1. The van der Waals surface area contributed by atoms with Crippen LogP contribution in [-0.4, -0.2) is 49.2 Å². The van der Waals surface area contributed by atoms with Crippen LogP contribution >= 0.6 is 11.3 Å². The van der Waals surface area contributed by atoms with Crippen molar-refractivity contribution < 1.29 is 13.2 Å². The first-order valence-electron chi connectivity index (χ1n) is 9.30. The molecule has 2 aliphatic rings. The van der Waals surface area contributed by atoms with E-state index in [4.69, 9.17) is 0 Å². The van der Waals surface area contributed by atoms with Gasteiger partial charge in [-0.2, -0.15) is 4.31 Å². The molecule has 1 amide bonds. The molecule has 0 spiro atoms. The Morgan fingerprint density at radius 3 is 2.56 bits per heavy atom. The van der Waals surface area contributed by atoms with Gasteiger partial charge in [0.25, 0.3) is 10.0 Å². The smallest absolute Gasteiger partial charge is 0.252 e. The molecule has 0 N–H and O–H groups in total. The van der Waals surface area contributed by atoms with Crippen LogP contribution in [0, 0.1) is 12.8 Å². The minimum atomic E-state index is -3.48. The van der Waals surface area contributed by atoms with Crippen molar-refractivity contribution in [3.8, 4) is 0 Å². The van der Waals surface area contributed by atoms with E-state index in [1.54, 1.807) is 6.07 Å². The lowest BCUT2D eigenvalue weighted by Crippen LogP contribution is -2.48. The fraction of sp³-hybridized carbons (Fsp3) is 0.722. The molecule has 140 valence electrons. The van der Waals surface area contributed by atoms with Gasteiger partial charge in [0.1, 0.15) is 4.21 Å². The summed E-state index contributed by atoms with van der Waals surface area (Å²) in [6.45, 7) is 5.49. The van der Waals surface area contributed by atoms with Gasteiger partial charge in [0.2, 0.25) is 5.91 Å². The molecule has 0 bridgehead atoms. The maximum Gasteiger partial charge on any atom is 0.252 e. The predicted molar refractivity (Wildman–Crippen MR) is 100 cm³/mol. The van der Waals surface area contributed by atoms with E-state index < -0.39 is 10.0 Å². The summed E-state index contributed by atoms with van der Waals surface area (Å²) in [6.07, 6.45) is 6.10. The molecule has 2 heterocycles. The number of nitrogens with zero attached hydrogens (tertiary/aromatic N) is 2. The van der Waals surface area contributed by atoms with E-state index in [9.17, 15) is 13.2 Å². The Labute approximate surface area is 155 Å². The first-order valence-corrected chi connectivity index (χ1v) is 11.6. The summed E-state index contributed by atoms with van der Waals surface area (Å²) >= 11 is 1.30. The Morgan fingerprint density at radius 2 is 1.96 bits per heavy atom. The third-order valence-electron chi connectivity index (χ3n) is 5.43. The van der Waals surface area contributed by atoms with E-state index in [0.29, 0.717) is 23.3 Å². The number of carbonyl (C=O) groups excluding carboxylic acids is 1. The minimum Gasteiger partial charge on any atom is -0.340 e. The molecule has 1 unspecified atom stereocenters. The quantitative estimate of drug-likeness (QED) is 0.783. The fourth-order valence-corrected chi connectivity index (χ4v) is 7.05. The highest BCUT2D eigenvalue weighted by molar-refractivity contribution is 7.91. The first-order chi connectivity index (χ1) is 11.9. The van der Waals surface area contributed by atoms with Crippen molar-refractivity contribution in [1.82, 2.24) is 9.21 Å². The predicted octanol–water partition coefficient (Wildman–Crippen LogP) is 3.25. The Balaban J connectivity index is 1.73. The van der Waals surface area contributed by atoms with Crippen molar-refractivity contribution in [1.29, 1.82) is 0 Å². The largest absolute Gasteiger partial charge is 0.340 e. The van der Waals surface area contributed by atoms with Crippen LogP contribution in [-0.2, 0) is 14.8 Å². The second-order valence-corrected chi connectivity index (χ2v) is 10.6. The molecular weight excluding hydrogens is 356 g/mol. The second-order valence-electron chi connectivity index (χ2n) is 7.13. The molecule has 7 heteroatoms. The molecule has 1 saturated carbocycles. The molecular formula is C18H28N2O3S2. The summed E-state index contributed by atoms with van der Waals surface area (Å²) in [5.41, 5.74) is 0. The third kappa shape index (κ3) is 3.93. The van der Waals surface area contributed by atoms with Gasteiger partial charge in [-0.1, -0.05) is 12.8 Å². The van der Waals surface area contributed by atoms with Crippen LogP contribution in [0.25, 0.3) is 0 Å². The summed E-state index contributed by atoms with van der Waals surface area (Å²) in [5, 5.41) is 0. The zero-order valence-electron chi connectivity index (χ0n) is 15.1. The van der Waals surface area contributed by atoms with Crippen molar-refractivity contribution in [3.63, 3.8) is 0 Å². The van der Waals surface area contributed by atoms with E-state index in [0.717, 1.165) is 37.1 Å². The van der Waals surface area contributed by atoms with Crippen LogP contribution in [0.1, 0.15) is 50.3 Å². The lowest BCUT2D eigenvalue weighted by Gasteiger charge is -2.36. The van der Waals surface area contributed by atoms with Crippen LogP contribution in [0.5, 0.6) is 0 Å². The summed E-state index contributed by atoms with van der Waals surface area (Å²) in [5.74, 6) is -0.0539. The van der Waals surface area contributed by atoms with Gasteiger partial charge in [0, 0.05) is 30.6 Å². The minimum absolute atomic E-state index is 0.150. The van der Waals surface area contributed by atoms with Gasteiger partial charge in [0.15, 0.2) is 0 Å². The standard InChI is InChI=1S/C18H28N2O3S2/c1-3-20(16-8-4-5-9-16)18(21)15-7-6-12-19(13-15)25(22,23)17-11-10-14(2)24-17/h10-11,15-16H,3-9,12-13H2,1-2H3. The molecule has 1 atom stereocenters. The van der Waals surface area contributed by atoms with Gasteiger partial charge < -0.3 is 4.90 Å². The maximum absolute atomic E-state index is 13.0. The van der Waals surface area contributed by atoms with Crippen molar-refractivity contribution in [3.05, 3.63) is 17.0 Å². The van der Waals surface area contributed by atoms with Crippen molar-refractivity contribution in [2.45, 2.75) is 62.6 Å². The van der Waals surface area contributed by atoms with Gasteiger partial charge >= 0.3 is 0 Å². The lowest BCUT2D eigenvalue weighted by molar-refractivity contribution is -0.138. The van der Waals surface area contributed by atoms with Crippen molar-refractivity contribution >= 4 is 27.3 Å². The number of amides is 1. The molecule has 1 aliphatic heterocycles. The Bertz CT molecular complexity index is 708. The average molecular weight is 385 g/mol. The normalized spacial score (nSPS) is 23.0. The highest BCUT2D eigenvalue weighted by atomic mass is 32.2. The number of hydrogen-bond donors (Lipinski definition) is 0. The average Bonchev–Trinajstić information content (AvgIpc) is 3.28. The van der Waals surface area contributed by atoms with Crippen molar-refractivity contribution in [2.75, 3.05) is 19.6 Å². The summed E-state index contributed by atoms with van der Waals surface area (Å²) in [7, 11) is -3.48. The van der Waals surface area contributed by atoms with Crippen LogP contribution < -0.4 is 0 Å². The van der Waals surface area contributed by atoms with Crippen LogP contribution in [0.4, 0.5) is 0 Å². The Morgan fingerprint density at radius 1 is 1.24 bits per heavy atom. The number of sulfonamides is 1. The molecule has 25 heavy (non-hydrogen) atoms. The highest BCUT2D eigenvalue weighted by Gasteiger charge is 2.37. The van der Waals surface area contributed by atoms with Gasteiger partial charge in [0.05, 0.1) is 5.92 Å². The number of rotatable bonds is 5. The zero-order valence-corrected chi connectivity index (χ0v) is 16.7. The topological polar surface area (TPSA) is 57.7 Å². The van der Waals surface area contributed by atoms with Crippen LogP contribution in [0.15, 0.2) is 16.3 Å². The van der Waals surface area contributed by atoms with E-state index in [-0.39, 0.29) is 11.8 Å². The number of piperidine rings is 1. The first kappa shape index (κ1) is 18.9. The second kappa shape index (κ2) is 7.76. The highest BCUT2D eigenvalue weighted by Crippen LogP contribution is 2.30. The van der Waals surface area contributed by atoms with E-state index >= 15 is 0 Å². The monoisotopic (exact) mass is 384 g/mol. The molecule has 3 rings (SSSR count). The zero-order chi connectivity index (χ0) is 18.0. The number of thiophene rings is 1. The van der Waals surface area contributed by atoms with Gasteiger partial charge in [-0.3, -0.25) is 4.79 Å². The number of hydrogen-bond acceptors (Lipinski definition) is 4. The summed E-state index contributed by atoms with van der Waals surface area (Å²) < 4.78 is 27.7. The van der Waals surface area contributed by atoms with Crippen LogP contribution in [0.2, 0.25) is 0 Å². The molecule has 2 fully saturated rings. The van der Waals surface area contributed by atoms with Gasteiger partial charge in [-0.25, -0.2) is 8.42 Å². The van der Waals surface area contributed by atoms with E-state index in [1.165, 1.54) is 28.5 Å². The lowest BCUT2D eigenvalue weighted by atomic mass is 9.97. The molecule has 1 aliphatic carbocycles. The maximum atomic E-state index is 13.0.